The second kappa shape index (κ2) is 9.33. The molecular weight excluding hydrogens is 278 g/mol. The maximum Gasteiger partial charge on any atom is 0.340 e. The lowest BCUT2D eigenvalue weighted by Crippen LogP contribution is -2.49. The molecule has 1 saturated heterocycles. The lowest BCUT2D eigenvalue weighted by molar-refractivity contribution is -0.160. The van der Waals surface area contributed by atoms with E-state index in [2.05, 4.69) is 5.32 Å². The summed E-state index contributed by atoms with van der Waals surface area (Å²) in [7, 11) is 0. The number of ether oxygens (including phenoxy) is 3. The van der Waals surface area contributed by atoms with Gasteiger partial charge in [-0.1, -0.05) is 0 Å². The average molecular weight is 301 g/mol. The van der Waals surface area contributed by atoms with Gasteiger partial charge < -0.3 is 19.5 Å². The molecule has 0 radical (unpaired) electrons. The molecule has 0 spiro atoms. The van der Waals surface area contributed by atoms with Crippen LogP contribution >= 0.6 is 0 Å². The number of esters is 2. The number of carbonyl (C=O) groups excluding carboxylic acids is 3. The minimum atomic E-state index is -1.42. The first kappa shape index (κ1) is 17.4. The molecule has 1 heterocycles. The van der Waals surface area contributed by atoms with Gasteiger partial charge in [0.1, 0.15) is 0 Å². The van der Waals surface area contributed by atoms with Crippen molar-refractivity contribution in [3.63, 3.8) is 0 Å². The summed E-state index contributed by atoms with van der Waals surface area (Å²) in [4.78, 5) is 35.4. The van der Waals surface area contributed by atoms with Crippen LogP contribution in [0.2, 0.25) is 0 Å². The number of nitrogens with one attached hydrogen (secondary N) is 1. The van der Waals surface area contributed by atoms with Crippen LogP contribution in [-0.4, -0.2) is 49.8 Å². The summed E-state index contributed by atoms with van der Waals surface area (Å²) in [5.41, 5.74) is 0. The predicted molar refractivity (Wildman–Crippen MR) is 73.4 cm³/mol. The van der Waals surface area contributed by atoms with E-state index in [0.29, 0.717) is 6.61 Å². The summed E-state index contributed by atoms with van der Waals surface area (Å²) in [5.74, 6) is -2.05. The molecule has 0 aliphatic carbocycles. The Morgan fingerprint density at radius 2 is 1.76 bits per heavy atom. The fourth-order valence-corrected chi connectivity index (χ4v) is 2.06. The molecule has 120 valence electrons. The Bertz CT molecular complexity index is 346. The molecule has 1 amide bonds. The molecule has 0 aromatic carbocycles. The fourth-order valence-electron chi connectivity index (χ4n) is 2.06. The molecule has 0 saturated carbocycles. The highest BCUT2D eigenvalue weighted by Crippen LogP contribution is 2.15. The van der Waals surface area contributed by atoms with Gasteiger partial charge in [0.2, 0.25) is 11.9 Å². The lowest BCUT2D eigenvalue weighted by Gasteiger charge is -2.23. The van der Waals surface area contributed by atoms with Crippen molar-refractivity contribution in [3.05, 3.63) is 0 Å². The second-order valence-corrected chi connectivity index (χ2v) is 4.70. The van der Waals surface area contributed by atoms with Crippen molar-refractivity contribution in [2.24, 2.45) is 0 Å². The summed E-state index contributed by atoms with van der Waals surface area (Å²) >= 11 is 0. The van der Waals surface area contributed by atoms with Crippen LogP contribution in [0, 0.1) is 0 Å². The molecule has 0 aromatic heterocycles. The third-order valence-corrected chi connectivity index (χ3v) is 3.04. The highest BCUT2D eigenvalue weighted by Gasteiger charge is 2.32. The Hall–Kier alpha value is -1.63. The normalized spacial score (nSPS) is 18.1. The number of amides is 1. The van der Waals surface area contributed by atoms with Crippen molar-refractivity contribution in [1.82, 2.24) is 5.32 Å². The largest absolute Gasteiger partial charge is 0.464 e. The van der Waals surface area contributed by atoms with Gasteiger partial charge in [-0.05, 0) is 33.1 Å². The van der Waals surface area contributed by atoms with Crippen LogP contribution in [-0.2, 0) is 28.6 Å². The first-order chi connectivity index (χ1) is 10.1. The van der Waals surface area contributed by atoms with Gasteiger partial charge in [-0.25, -0.2) is 9.59 Å². The zero-order valence-corrected chi connectivity index (χ0v) is 12.6. The number of rotatable bonds is 7. The van der Waals surface area contributed by atoms with Crippen LogP contribution in [0.25, 0.3) is 0 Å². The number of carbonyl (C=O) groups is 3. The zero-order valence-electron chi connectivity index (χ0n) is 12.6. The van der Waals surface area contributed by atoms with Crippen molar-refractivity contribution in [2.45, 2.75) is 51.7 Å². The van der Waals surface area contributed by atoms with Gasteiger partial charge in [0.05, 0.1) is 25.7 Å². The fraction of sp³-hybridized carbons (Fsp3) is 0.786. The summed E-state index contributed by atoms with van der Waals surface area (Å²) in [6, 6.07) is -1.42. The van der Waals surface area contributed by atoms with Crippen LogP contribution < -0.4 is 5.32 Å². The van der Waals surface area contributed by atoms with Crippen LogP contribution in [0.15, 0.2) is 0 Å². The SMILES string of the molecule is CCOC(=O)C(NC(=O)CC1CCCCO1)C(=O)OCC. The van der Waals surface area contributed by atoms with E-state index in [9.17, 15) is 14.4 Å². The van der Waals surface area contributed by atoms with Crippen molar-refractivity contribution < 1.29 is 28.6 Å². The van der Waals surface area contributed by atoms with Gasteiger partial charge in [0.25, 0.3) is 0 Å². The Labute approximate surface area is 124 Å². The van der Waals surface area contributed by atoms with Gasteiger partial charge in [-0.2, -0.15) is 0 Å². The van der Waals surface area contributed by atoms with E-state index in [1.165, 1.54) is 0 Å². The molecule has 1 N–H and O–H groups in total. The van der Waals surface area contributed by atoms with Gasteiger partial charge in [0, 0.05) is 6.61 Å². The Balaban J connectivity index is 2.55. The standard InChI is InChI=1S/C14H23NO6/c1-3-19-13(17)12(14(18)20-4-2)15-11(16)9-10-7-5-6-8-21-10/h10,12H,3-9H2,1-2H3,(H,15,16). The van der Waals surface area contributed by atoms with E-state index in [0.717, 1.165) is 19.3 Å². The first-order valence-corrected chi connectivity index (χ1v) is 7.32. The maximum atomic E-state index is 11.9. The monoisotopic (exact) mass is 301 g/mol. The van der Waals surface area contributed by atoms with Crippen molar-refractivity contribution in [3.8, 4) is 0 Å². The molecule has 0 aromatic rings. The van der Waals surface area contributed by atoms with Crippen LogP contribution in [0.1, 0.15) is 39.5 Å². The van der Waals surface area contributed by atoms with E-state index in [1.54, 1.807) is 13.8 Å². The molecule has 0 bridgehead atoms. The molecular formula is C14H23NO6. The third-order valence-electron chi connectivity index (χ3n) is 3.04. The van der Waals surface area contributed by atoms with E-state index < -0.39 is 23.9 Å². The molecule has 1 rings (SSSR count). The molecule has 1 unspecified atom stereocenters. The Morgan fingerprint density at radius 3 is 2.24 bits per heavy atom. The maximum absolute atomic E-state index is 11.9. The van der Waals surface area contributed by atoms with E-state index >= 15 is 0 Å². The van der Waals surface area contributed by atoms with Crippen LogP contribution in [0.3, 0.4) is 0 Å². The number of hydrogen-bond donors (Lipinski definition) is 1. The third kappa shape index (κ3) is 6.12. The molecule has 7 heteroatoms. The summed E-state index contributed by atoms with van der Waals surface area (Å²) < 4.78 is 15.0. The summed E-state index contributed by atoms with van der Waals surface area (Å²) in [6.45, 7) is 4.12. The molecule has 21 heavy (non-hydrogen) atoms. The minimum absolute atomic E-state index is 0.120. The van der Waals surface area contributed by atoms with Gasteiger partial charge >= 0.3 is 11.9 Å². The molecule has 1 aliphatic heterocycles. The topological polar surface area (TPSA) is 90.9 Å². The Kier molecular flexibility index (Phi) is 7.74. The van der Waals surface area contributed by atoms with E-state index in [4.69, 9.17) is 14.2 Å². The minimum Gasteiger partial charge on any atom is -0.464 e. The van der Waals surface area contributed by atoms with E-state index in [-0.39, 0.29) is 25.7 Å². The van der Waals surface area contributed by atoms with Crippen molar-refractivity contribution in [1.29, 1.82) is 0 Å². The summed E-state index contributed by atoms with van der Waals surface area (Å²) in [5, 5.41) is 2.37. The Morgan fingerprint density at radius 1 is 1.14 bits per heavy atom. The molecule has 1 aliphatic rings. The summed E-state index contributed by atoms with van der Waals surface area (Å²) in [6.07, 6.45) is 2.76. The molecule has 7 nitrogen and oxygen atoms in total. The highest BCUT2D eigenvalue weighted by atomic mass is 16.6. The van der Waals surface area contributed by atoms with E-state index in [1.807, 2.05) is 0 Å². The van der Waals surface area contributed by atoms with Gasteiger partial charge in [-0.15, -0.1) is 0 Å². The smallest absolute Gasteiger partial charge is 0.340 e. The van der Waals surface area contributed by atoms with Gasteiger partial charge in [0.15, 0.2) is 0 Å². The van der Waals surface area contributed by atoms with Crippen molar-refractivity contribution >= 4 is 17.8 Å². The number of hydrogen-bond acceptors (Lipinski definition) is 6. The van der Waals surface area contributed by atoms with Crippen LogP contribution in [0.4, 0.5) is 0 Å². The molecule has 1 atom stereocenters. The average Bonchev–Trinajstić information content (AvgIpc) is 2.46. The van der Waals surface area contributed by atoms with Gasteiger partial charge in [-0.3, -0.25) is 4.79 Å². The lowest BCUT2D eigenvalue weighted by atomic mass is 10.1. The first-order valence-electron chi connectivity index (χ1n) is 7.32. The zero-order chi connectivity index (χ0) is 15.7. The second-order valence-electron chi connectivity index (χ2n) is 4.70. The van der Waals surface area contributed by atoms with Crippen molar-refractivity contribution in [2.75, 3.05) is 19.8 Å². The van der Waals surface area contributed by atoms with Crippen LogP contribution in [0.5, 0.6) is 0 Å². The predicted octanol–water partition coefficient (Wildman–Crippen LogP) is 0.557. The quantitative estimate of drug-likeness (QED) is 0.545. The highest BCUT2D eigenvalue weighted by molar-refractivity contribution is 6.02. The molecule has 1 fully saturated rings.